The van der Waals surface area contributed by atoms with Gasteiger partial charge in [0, 0.05) is 63.6 Å². The standard InChI is InChI=1S/C24H40N4O2/c1-5-23(29)28(22-8-6-7-21(4)25-22)19-24(10-17-30-18-11-24)27-15-13-26(14-16-27)12-9-20(2)3/h6-8,20H,5,9-19H2,1-4H3. The Hall–Kier alpha value is -1.50. The fourth-order valence-corrected chi connectivity index (χ4v) is 4.67. The minimum atomic E-state index is -0.0291. The number of hydrogen-bond donors (Lipinski definition) is 0. The molecule has 0 unspecified atom stereocenters. The molecule has 0 N–H and O–H groups in total. The molecule has 0 atom stereocenters. The summed E-state index contributed by atoms with van der Waals surface area (Å²) in [5, 5.41) is 0. The number of aryl methyl sites for hydroxylation is 1. The number of rotatable bonds is 8. The van der Waals surface area contributed by atoms with E-state index >= 15 is 0 Å². The number of aromatic nitrogens is 1. The molecule has 0 saturated carbocycles. The van der Waals surface area contributed by atoms with Gasteiger partial charge >= 0.3 is 0 Å². The Balaban J connectivity index is 1.76. The normalized spacial score (nSPS) is 20.4. The predicted octanol–water partition coefficient (Wildman–Crippen LogP) is 3.35. The van der Waals surface area contributed by atoms with E-state index in [-0.39, 0.29) is 11.4 Å². The molecular formula is C24H40N4O2. The number of anilines is 1. The molecule has 1 amide bonds. The van der Waals surface area contributed by atoms with Gasteiger partial charge in [0.2, 0.25) is 5.91 Å². The Kier molecular flexibility index (Phi) is 8.26. The summed E-state index contributed by atoms with van der Waals surface area (Å²) in [7, 11) is 0. The van der Waals surface area contributed by atoms with Crippen molar-refractivity contribution >= 4 is 11.7 Å². The van der Waals surface area contributed by atoms with Crippen molar-refractivity contribution in [2.75, 3.05) is 57.4 Å². The fourth-order valence-electron chi connectivity index (χ4n) is 4.67. The molecule has 2 fully saturated rings. The Labute approximate surface area is 182 Å². The highest BCUT2D eigenvalue weighted by atomic mass is 16.5. The molecular weight excluding hydrogens is 376 g/mol. The molecule has 0 spiro atoms. The van der Waals surface area contributed by atoms with Crippen molar-refractivity contribution in [1.29, 1.82) is 0 Å². The van der Waals surface area contributed by atoms with Gasteiger partial charge in [0.05, 0.1) is 0 Å². The lowest BCUT2D eigenvalue weighted by atomic mass is 9.86. The molecule has 3 rings (SSSR count). The van der Waals surface area contributed by atoms with E-state index in [2.05, 4.69) is 28.6 Å². The van der Waals surface area contributed by atoms with Crippen molar-refractivity contribution in [2.45, 2.75) is 58.9 Å². The van der Waals surface area contributed by atoms with Gasteiger partial charge in [-0.25, -0.2) is 4.98 Å². The van der Waals surface area contributed by atoms with Gasteiger partial charge in [0.25, 0.3) is 0 Å². The van der Waals surface area contributed by atoms with Crippen LogP contribution in [0.5, 0.6) is 0 Å². The van der Waals surface area contributed by atoms with Crippen LogP contribution in [-0.4, -0.2) is 78.7 Å². The third-order valence-corrected chi connectivity index (χ3v) is 6.70. The van der Waals surface area contributed by atoms with Crippen molar-refractivity contribution in [3.63, 3.8) is 0 Å². The number of carbonyl (C=O) groups excluding carboxylic acids is 1. The van der Waals surface area contributed by atoms with E-state index in [0.717, 1.165) is 69.7 Å². The number of pyridine rings is 1. The second-order valence-electron chi connectivity index (χ2n) is 9.32. The van der Waals surface area contributed by atoms with Crippen LogP contribution in [0, 0.1) is 12.8 Å². The summed E-state index contributed by atoms with van der Waals surface area (Å²) in [5.74, 6) is 1.68. The first kappa shape index (κ1) is 23.2. The Morgan fingerprint density at radius 3 is 2.50 bits per heavy atom. The average Bonchev–Trinajstić information content (AvgIpc) is 2.76. The van der Waals surface area contributed by atoms with Gasteiger partial charge in [-0.1, -0.05) is 26.8 Å². The predicted molar refractivity (Wildman–Crippen MR) is 122 cm³/mol. The van der Waals surface area contributed by atoms with E-state index in [4.69, 9.17) is 4.74 Å². The zero-order chi connectivity index (χ0) is 21.6. The van der Waals surface area contributed by atoms with Gasteiger partial charge in [-0.2, -0.15) is 0 Å². The number of hydrogen-bond acceptors (Lipinski definition) is 5. The number of nitrogens with zero attached hydrogens (tertiary/aromatic N) is 4. The van der Waals surface area contributed by atoms with E-state index in [9.17, 15) is 4.79 Å². The number of piperazine rings is 1. The first-order valence-electron chi connectivity index (χ1n) is 11.7. The smallest absolute Gasteiger partial charge is 0.227 e. The van der Waals surface area contributed by atoms with Gasteiger partial charge in [-0.15, -0.1) is 0 Å². The summed E-state index contributed by atoms with van der Waals surface area (Å²) in [6.07, 6.45) is 3.69. The molecule has 6 heteroatoms. The molecule has 2 aliphatic rings. The zero-order valence-electron chi connectivity index (χ0n) is 19.4. The molecule has 0 aromatic carbocycles. The molecule has 168 valence electrons. The third-order valence-electron chi connectivity index (χ3n) is 6.70. The second kappa shape index (κ2) is 10.7. The Morgan fingerprint density at radius 1 is 1.20 bits per heavy atom. The molecule has 1 aromatic heterocycles. The highest BCUT2D eigenvalue weighted by Crippen LogP contribution is 2.32. The maximum Gasteiger partial charge on any atom is 0.227 e. The van der Waals surface area contributed by atoms with Crippen LogP contribution in [0.2, 0.25) is 0 Å². The summed E-state index contributed by atoms with van der Waals surface area (Å²) in [6, 6.07) is 5.95. The van der Waals surface area contributed by atoms with Crippen molar-refractivity contribution in [1.82, 2.24) is 14.8 Å². The summed E-state index contributed by atoms with van der Waals surface area (Å²) < 4.78 is 5.74. The van der Waals surface area contributed by atoms with Crippen molar-refractivity contribution in [3.05, 3.63) is 23.9 Å². The highest BCUT2D eigenvalue weighted by molar-refractivity contribution is 5.92. The van der Waals surface area contributed by atoms with Gasteiger partial charge in [-0.05, 0) is 50.8 Å². The largest absolute Gasteiger partial charge is 0.381 e. The van der Waals surface area contributed by atoms with Crippen LogP contribution >= 0.6 is 0 Å². The van der Waals surface area contributed by atoms with Crippen LogP contribution in [0.3, 0.4) is 0 Å². The van der Waals surface area contributed by atoms with Crippen molar-refractivity contribution in [3.8, 4) is 0 Å². The lowest BCUT2D eigenvalue weighted by Gasteiger charge is -2.51. The second-order valence-corrected chi connectivity index (χ2v) is 9.32. The van der Waals surface area contributed by atoms with Crippen LogP contribution in [-0.2, 0) is 9.53 Å². The van der Waals surface area contributed by atoms with Crippen molar-refractivity contribution < 1.29 is 9.53 Å². The molecule has 6 nitrogen and oxygen atoms in total. The van der Waals surface area contributed by atoms with E-state index in [1.807, 2.05) is 36.9 Å². The van der Waals surface area contributed by atoms with Gasteiger partial charge in [-0.3, -0.25) is 14.6 Å². The molecule has 3 heterocycles. The number of ether oxygens (including phenoxy) is 1. The van der Waals surface area contributed by atoms with Crippen LogP contribution in [0.25, 0.3) is 0 Å². The lowest BCUT2D eigenvalue weighted by molar-refractivity contribution is -0.119. The van der Waals surface area contributed by atoms with Crippen LogP contribution in [0.1, 0.15) is 52.1 Å². The van der Waals surface area contributed by atoms with E-state index in [1.54, 1.807) is 0 Å². The minimum Gasteiger partial charge on any atom is -0.381 e. The maximum atomic E-state index is 13.0. The van der Waals surface area contributed by atoms with Crippen LogP contribution < -0.4 is 4.90 Å². The lowest BCUT2D eigenvalue weighted by Crippen LogP contribution is -2.63. The molecule has 1 aromatic rings. The summed E-state index contributed by atoms with van der Waals surface area (Å²) in [6.45, 7) is 16.3. The quantitative estimate of drug-likeness (QED) is 0.650. The van der Waals surface area contributed by atoms with E-state index in [0.29, 0.717) is 13.0 Å². The number of amides is 1. The van der Waals surface area contributed by atoms with Gasteiger partial charge < -0.3 is 9.64 Å². The summed E-state index contributed by atoms with van der Waals surface area (Å²) in [5.41, 5.74) is 0.916. The van der Waals surface area contributed by atoms with Crippen LogP contribution in [0.4, 0.5) is 5.82 Å². The minimum absolute atomic E-state index is 0.0291. The molecule has 0 bridgehead atoms. The summed E-state index contributed by atoms with van der Waals surface area (Å²) >= 11 is 0. The molecule has 0 radical (unpaired) electrons. The van der Waals surface area contributed by atoms with E-state index in [1.165, 1.54) is 13.0 Å². The highest BCUT2D eigenvalue weighted by Gasteiger charge is 2.42. The Bertz CT molecular complexity index is 680. The molecule has 2 aliphatic heterocycles. The first-order chi connectivity index (χ1) is 14.4. The van der Waals surface area contributed by atoms with Crippen molar-refractivity contribution in [2.24, 2.45) is 5.92 Å². The third kappa shape index (κ3) is 5.80. The van der Waals surface area contributed by atoms with Gasteiger partial charge in [0.1, 0.15) is 5.82 Å². The molecule has 30 heavy (non-hydrogen) atoms. The number of carbonyl (C=O) groups is 1. The molecule has 0 aliphatic carbocycles. The topological polar surface area (TPSA) is 48.9 Å². The monoisotopic (exact) mass is 416 g/mol. The Morgan fingerprint density at radius 2 is 1.90 bits per heavy atom. The summed E-state index contributed by atoms with van der Waals surface area (Å²) in [4.78, 5) is 24.8. The fraction of sp³-hybridized carbons (Fsp3) is 0.750. The first-order valence-corrected chi connectivity index (χ1v) is 11.7. The zero-order valence-corrected chi connectivity index (χ0v) is 19.4. The molecule has 2 saturated heterocycles. The van der Waals surface area contributed by atoms with Gasteiger partial charge in [0.15, 0.2) is 0 Å². The van der Waals surface area contributed by atoms with E-state index < -0.39 is 0 Å². The van der Waals surface area contributed by atoms with Crippen LogP contribution in [0.15, 0.2) is 18.2 Å². The SMILES string of the molecule is CCC(=O)N(CC1(N2CCN(CCC(C)C)CC2)CCOCC1)c1cccc(C)n1. The maximum absolute atomic E-state index is 13.0. The average molecular weight is 417 g/mol.